The van der Waals surface area contributed by atoms with Crippen molar-refractivity contribution in [2.75, 3.05) is 19.7 Å². The van der Waals surface area contributed by atoms with Gasteiger partial charge in [-0.25, -0.2) is 4.79 Å². The number of amides is 3. The fourth-order valence-corrected chi connectivity index (χ4v) is 3.99. The van der Waals surface area contributed by atoms with Gasteiger partial charge in [0.25, 0.3) is 0 Å². The van der Waals surface area contributed by atoms with E-state index in [2.05, 4.69) is 16.6 Å². The number of phenols is 1. The molecule has 39 heavy (non-hydrogen) atoms. The third-order valence-electron chi connectivity index (χ3n) is 5.79. The summed E-state index contributed by atoms with van der Waals surface area (Å²) in [5.74, 6) is 1.57. The van der Waals surface area contributed by atoms with Crippen molar-refractivity contribution < 1.29 is 29.3 Å². The number of unbranched alkanes of at least 4 members (excludes halogenated alkanes) is 1. The highest BCUT2D eigenvalue weighted by Crippen LogP contribution is 2.26. The van der Waals surface area contributed by atoms with Crippen LogP contribution in [0.3, 0.4) is 0 Å². The molecule has 0 heterocycles. The molecule has 0 spiro atoms. The number of aliphatic hydroxyl groups is 1. The molecule has 2 atom stereocenters. The van der Waals surface area contributed by atoms with E-state index in [1.807, 2.05) is 6.92 Å². The second-order valence-corrected chi connectivity index (χ2v) is 10.1. The highest BCUT2D eigenvalue weighted by molar-refractivity contribution is 5.92. The van der Waals surface area contributed by atoms with Crippen LogP contribution >= 0.6 is 0 Å². The van der Waals surface area contributed by atoms with E-state index in [-0.39, 0.29) is 18.7 Å². The van der Waals surface area contributed by atoms with E-state index in [9.17, 15) is 24.6 Å². The van der Waals surface area contributed by atoms with Crippen molar-refractivity contribution in [2.45, 2.75) is 64.6 Å². The molecule has 2 aromatic rings. The lowest BCUT2D eigenvalue weighted by Gasteiger charge is -2.34. The largest absolute Gasteiger partial charge is 0.508 e. The van der Waals surface area contributed by atoms with Crippen molar-refractivity contribution >= 4 is 17.9 Å². The van der Waals surface area contributed by atoms with Crippen molar-refractivity contribution in [3.8, 4) is 18.1 Å². The fraction of sp³-hybridized carbons (Fsp3) is 0.433. The maximum Gasteiger partial charge on any atom is 0.408 e. The number of alkyl carbamates (subject to hydrolysis) is 1. The van der Waals surface area contributed by atoms with E-state index in [1.54, 1.807) is 57.2 Å². The molecule has 2 rings (SSSR count). The number of rotatable bonds is 12. The third-order valence-corrected chi connectivity index (χ3v) is 5.79. The van der Waals surface area contributed by atoms with Gasteiger partial charge in [-0.3, -0.25) is 9.59 Å². The Morgan fingerprint density at radius 1 is 1.10 bits per heavy atom. The van der Waals surface area contributed by atoms with Crippen LogP contribution in [-0.2, 0) is 20.7 Å². The van der Waals surface area contributed by atoms with Gasteiger partial charge in [-0.05, 0) is 56.5 Å². The number of benzene rings is 2. The summed E-state index contributed by atoms with van der Waals surface area (Å²) in [6.07, 6.45) is 6.57. The molecule has 0 bridgehead atoms. The Morgan fingerprint density at radius 2 is 1.77 bits per heavy atom. The lowest BCUT2D eigenvalue weighted by molar-refractivity contribution is -0.143. The van der Waals surface area contributed by atoms with Crippen LogP contribution in [0.5, 0.6) is 5.75 Å². The van der Waals surface area contributed by atoms with Gasteiger partial charge >= 0.3 is 6.09 Å². The number of carbonyl (C=O) groups is 3. The molecule has 0 fully saturated rings. The Kier molecular flexibility index (Phi) is 11.8. The molecule has 3 amide bonds. The van der Waals surface area contributed by atoms with Crippen LogP contribution in [-0.4, -0.2) is 64.4 Å². The number of hydrogen-bond acceptors (Lipinski definition) is 6. The first-order valence-electron chi connectivity index (χ1n) is 13.0. The molecule has 4 N–H and O–H groups in total. The van der Waals surface area contributed by atoms with E-state index in [4.69, 9.17) is 11.2 Å². The highest BCUT2D eigenvalue weighted by atomic mass is 16.6. The number of aromatic hydroxyl groups is 1. The van der Waals surface area contributed by atoms with Gasteiger partial charge in [0.15, 0.2) is 0 Å². The van der Waals surface area contributed by atoms with Gasteiger partial charge in [-0.1, -0.05) is 49.6 Å². The van der Waals surface area contributed by atoms with E-state index in [0.29, 0.717) is 23.2 Å². The first kappa shape index (κ1) is 31.2. The van der Waals surface area contributed by atoms with Gasteiger partial charge in [-0.2, -0.15) is 0 Å². The van der Waals surface area contributed by atoms with Crippen molar-refractivity contribution in [2.24, 2.45) is 0 Å². The van der Waals surface area contributed by atoms with E-state index >= 15 is 0 Å². The minimum atomic E-state index is -1.16. The van der Waals surface area contributed by atoms with Crippen LogP contribution in [0.4, 0.5) is 4.79 Å². The van der Waals surface area contributed by atoms with Gasteiger partial charge in [0, 0.05) is 25.1 Å². The Bertz CT molecular complexity index is 1150. The van der Waals surface area contributed by atoms with Gasteiger partial charge in [0.05, 0.1) is 6.61 Å². The van der Waals surface area contributed by atoms with Crippen LogP contribution in [0.2, 0.25) is 0 Å². The molecular formula is C30H39N3O6. The predicted molar refractivity (Wildman–Crippen MR) is 149 cm³/mol. The zero-order valence-electron chi connectivity index (χ0n) is 23.1. The minimum absolute atomic E-state index is 0.0429. The van der Waals surface area contributed by atoms with Crippen molar-refractivity contribution in [1.82, 2.24) is 15.5 Å². The average molecular weight is 538 g/mol. The first-order chi connectivity index (χ1) is 18.5. The summed E-state index contributed by atoms with van der Waals surface area (Å²) in [7, 11) is 0. The maximum absolute atomic E-state index is 14.1. The van der Waals surface area contributed by atoms with Gasteiger partial charge in [0.2, 0.25) is 11.8 Å². The molecule has 9 heteroatoms. The van der Waals surface area contributed by atoms with E-state index < -0.39 is 42.2 Å². The number of hydrogen-bond donors (Lipinski definition) is 4. The SMILES string of the molecule is C#Cc1ccccc1C(C(=O)NCCCC)N(CCO)C(=O)C(Cc1ccc(O)cc1)NC(=O)OC(C)(C)C. The Labute approximate surface area is 230 Å². The smallest absolute Gasteiger partial charge is 0.408 e. The first-order valence-corrected chi connectivity index (χ1v) is 13.0. The van der Waals surface area contributed by atoms with Crippen molar-refractivity contribution in [3.05, 3.63) is 65.2 Å². The summed E-state index contributed by atoms with van der Waals surface area (Å²) >= 11 is 0. The summed E-state index contributed by atoms with van der Waals surface area (Å²) in [4.78, 5) is 41.6. The highest BCUT2D eigenvalue weighted by Gasteiger charge is 2.37. The molecule has 0 aliphatic rings. The molecule has 210 valence electrons. The molecule has 2 aromatic carbocycles. The number of phenolic OH excluding ortho intramolecular Hbond substituents is 1. The second kappa shape index (κ2) is 14.8. The van der Waals surface area contributed by atoms with Gasteiger partial charge < -0.3 is 30.5 Å². The van der Waals surface area contributed by atoms with Crippen LogP contribution < -0.4 is 10.6 Å². The summed E-state index contributed by atoms with van der Waals surface area (Å²) in [6.45, 7) is 6.89. The van der Waals surface area contributed by atoms with Crippen LogP contribution in [0, 0.1) is 12.3 Å². The zero-order valence-corrected chi connectivity index (χ0v) is 23.1. The Morgan fingerprint density at radius 3 is 2.36 bits per heavy atom. The molecule has 0 saturated heterocycles. The topological polar surface area (TPSA) is 128 Å². The number of ether oxygens (including phenoxy) is 1. The van der Waals surface area contributed by atoms with E-state index in [1.165, 1.54) is 17.0 Å². The van der Waals surface area contributed by atoms with Crippen molar-refractivity contribution in [1.29, 1.82) is 0 Å². The molecule has 0 aliphatic carbocycles. The molecule has 0 aliphatic heterocycles. The molecule has 9 nitrogen and oxygen atoms in total. The lowest BCUT2D eigenvalue weighted by atomic mass is 9.96. The maximum atomic E-state index is 14.1. The quantitative estimate of drug-likeness (QED) is 0.243. The average Bonchev–Trinajstić information content (AvgIpc) is 2.88. The van der Waals surface area contributed by atoms with Crippen LogP contribution in [0.25, 0.3) is 0 Å². The molecule has 0 radical (unpaired) electrons. The minimum Gasteiger partial charge on any atom is -0.508 e. The third kappa shape index (κ3) is 9.65. The van der Waals surface area contributed by atoms with Gasteiger partial charge in [-0.15, -0.1) is 6.42 Å². The summed E-state index contributed by atoms with van der Waals surface area (Å²) in [6, 6.07) is 10.7. The number of nitrogens with one attached hydrogen (secondary N) is 2. The Hall–Kier alpha value is -4.03. The zero-order chi connectivity index (χ0) is 29.0. The van der Waals surface area contributed by atoms with Crippen LogP contribution in [0.1, 0.15) is 63.3 Å². The summed E-state index contributed by atoms with van der Waals surface area (Å²) in [5, 5.41) is 25.1. The summed E-state index contributed by atoms with van der Waals surface area (Å²) < 4.78 is 5.39. The fourth-order valence-electron chi connectivity index (χ4n) is 3.99. The van der Waals surface area contributed by atoms with E-state index in [0.717, 1.165) is 12.8 Å². The van der Waals surface area contributed by atoms with Gasteiger partial charge in [0.1, 0.15) is 23.4 Å². The predicted octanol–water partition coefficient (Wildman–Crippen LogP) is 3.29. The Balaban J connectivity index is 2.55. The normalized spacial score (nSPS) is 12.5. The van der Waals surface area contributed by atoms with Crippen LogP contribution in [0.15, 0.2) is 48.5 Å². The lowest BCUT2D eigenvalue weighted by Crippen LogP contribution is -2.54. The number of aliphatic hydroxyl groups excluding tert-OH is 1. The number of carbonyl (C=O) groups excluding carboxylic acids is 3. The molecule has 0 saturated carbocycles. The standard InChI is InChI=1S/C30H39N3O6/c1-6-8-17-31-27(36)26(24-12-10-9-11-22(24)7-2)33(18-19-34)28(37)25(32-29(38)39-30(3,4)5)20-21-13-15-23(35)16-14-21/h2,9-16,25-26,34-35H,6,8,17-20H2,1,3-5H3,(H,31,36)(H,32,38). The number of terminal acetylenes is 1. The van der Waals surface area contributed by atoms with Crippen molar-refractivity contribution in [3.63, 3.8) is 0 Å². The summed E-state index contributed by atoms with van der Waals surface area (Å²) in [5.41, 5.74) is 0.698. The molecular weight excluding hydrogens is 498 g/mol. The molecule has 0 aromatic heterocycles. The second-order valence-electron chi connectivity index (χ2n) is 10.1. The monoisotopic (exact) mass is 537 g/mol. The molecule has 2 unspecified atom stereocenters. The number of nitrogens with zero attached hydrogens (tertiary/aromatic N) is 1.